The molecule has 1 heterocycles. The molecule has 4 rings (SSSR count). The minimum Gasteiger partial charge on any atom is -0.507 e. The van der Waals surface area contributed by atoms with Gasteiger partial charge in [-0.05, 0) is 42.7 Å². The van der Waals surface area contributed by atoms with E-state index in [1.165, 1.54) is 0 Å². The molecule has 35 heavy (non-hydrogen) atoms. The van der Waals surface area contributed by atoms with Crippen molar-refractivity contribution in [1.29, 1.82) is 0 Å². The molecule has 7 heteroatoms. The lowest BCUT2D eigenvalue weighted by atomic mass is 9.94. The Labute approximate surface area is 202 Å². The lowest BCUT2D eigenvalue weighted by molar-refractivity contribution is -0.132. The number of benzene rings is 3. The van der Waals surface area contributed by atoms with Crippen LogP contribution in [0.5, 0.6) is 5.75 Å². The SMILES string of the molecule is Cc1cccc(C2/C(=C(\O)c3cccc(OCC(C)C)c3)C(=O)C(=O)N2c2ccc(F)cc2F)c1. The highest BCUT2D eigenvalue weighted by Crippen LogP contribution is 2.43. The van der Waals surface area contributed by atoms with Gasteiger partial charge < -0.3 is 9.84 Å². The number of carbonyl (C=O) groups excluding carboxylic acids is 2. The first-order valence-corrected chi connectivity index (χ1v) is 11.2. The van der Waals surface area contributed by atoms with Crippen LogP contribution in [-0.2, 0) is 9.59 Å². The minimum atomic E-state index is -1.12. The van der Waals surface area contributed by atoms with Crippen molar-refractivity contribution in [1.82, 2.24) is 0 Å². The zero-order valence-electron chi connectivity index (χ0n) is 19.6. The van der Waals surface area contributed by atoms with E-state index in [9.17, 15) is 23.5 Å². The van der Waals surface area contributed by atoms with Crippen LogP contribution in [0.25, 0.3) is 5.76 Å². The first-order valence-electron chi connectivity index (χ1n) is 11.2. The molecule has 1 unspecified atom stereocenters. The number of hydrogen-bond donors (Lipinski definition) is 1. The number of Topliss-reactive ketones (excluding diaryl/α,β-unsaturated/α-hetero) is 1. The maximum Gasteiger partial charge on any atom is 0.300 e. The number of amides is 1. The monoisotopic (exact) mass is 477 g/mol. The van der Waals surface area contributed by atoms with Crippen LogP contribution >= 0.6 is 0 Å². The van der Waals surface area contributed by atoms with Crippen LogP contribution in [0.1, 0.15) is 36.6 Å². The predicted molar refractivity (Wildman–Crippen MR) is 129 cm³/mol. The van der Waals surface area contributed by atoms with Gasteiger partial charge in [-0.1, -0.05) is 55.8 Å². The van der Waals surface area contributed by atoms with Gasteiger partial charge in [-0.25, -0.2) is 8.78 Å². The van der Waals surface area contributed by atoms with E-state index in [0.29, 0.717) is 24.0 Å². The molecule has 0 saturated carbocycles. The molecule has 0 aromatic heterocycles. The Morgan fingerprint density at radius 3 is 2.46 bits per heavy atom. The highest BCUT2D eigenvalue weighted by atomic mass is 19.1. The third-order valence-corrected chi connectivity index (χ3v) is 5.66. The zero-order chi connectivity index (χ0) is 25.3. The van der Waals surface area contributed by atoms with Crippen molar-refractivity contribution in [3.8, 4) is 5.75 Å². The summed E-state index contributed by atoms with van der Waals surface area (Å²) in [5, 5.41) is 11.3. The van der Waals surface area contributed by atoms with Crippen molar-refractivity contribution in [3.63, 3.8) is 0 Å². The van der Waals surface area contributed by atoms with E-state index >= 15 is 0 Å². The maximum absolute atomic E-state index is 14.8. The minimum absolute atomic E-state index is 0.190. The maximum atomic E-state index is 14.8. The number of ketones is 1. The summed E-state index contributed by atoms with van der Waals surface area (Å²) in [4.78, 5) is 27.3. The Bertz CT molecular complexity index is 1330. The van der Waals surface area contributed by atoms with Gasteiger partial charge in [0.25, 0.3) is 11.7 Å². The molecule has 5 nitrogen and oxygen atoms in total. The molecular weight excluding hydrogens is 452 g/mol. The third kappa shape index (κ3) is 4.80. The summed E-state index contributed by atoms with van der Waals surface area (Å²) in [6, 6.07) is 15.2. The quantitative estimate of drug-likeness (QED) is 0.271. The molecule has 1 fully saturated rings. The number of rotatable bonds is 6. The Morgan fingerprint density at radius 2 is 1.77 bits per heavy atom. The molecule has 1 saturated heterocycles. The number of nitrogens with zero attached hydrogens (tertiary/aromatic N) is 1. The van der Waals surface area contributed by atoms with Gasteiger partial charge in [0.1, 0.15) is 23.1 Å². The number of halogens is 2. The predicted octanol–water partition coefficient (Wildman–Crippen LogP) is 5.93. The summed E-state index contributed by atoms with van der Waals surface area (Å²) < 4.78 is 34.1. The van der Waals surface area contributed by atoms with Crippen molar-refractivity contribution < 1.29 is 28.2 Å². The average molecular weight is 478 g/mol. The topological polar surface area (TPSA) is 66.8 Å². The number of aliphatic hydroxyl groups is 1. The summed E-state index contributed by atoms with van der Waals surface area (Å²) in [6.45, 7) is 6.30. The van der Waals surface area contributed by atoms with E-state index in [2.05, 4.69) is 0 Å². The Hall–Kier alpha value is -4.00. The van der Waals surface area contributed by atoms with Crippen LogP contribution in [-0.4, -0.2) is 23.4 Å². The number of hydrogen-bond acceptors (Lipinski definition) is 4. The van der Waals surface area contributed by atoms with Gasteiger partial charge in [-0.3, -0.25) is 14.5 Å². The van der Waals surface area contributed by atoms with E-state index < -0.39 is 35.1 Å². The van der Waals surface area contributed by atoms with Crippen LogP contribution in [0.2, 0.25) is 0 Å². The van der Waals surface area contributed by atoms with Crippen LogP contribution in [0, 0.1) is 24.5 Å². The highest BCUT2D eigenvalue weighted by Gasteiger charge is 2.47. The van der Waals surface area contributed by atoms with E-state index in [-0.39, 0.29) is 22.7 Å². The van der Waals surface area contributed by atoms with Crippen LogP contribution < -0.4 is 9.64 Å². The molecule has 0 radical (unpaired) electrons. The van der Waals surface area contributed by atoms with Gasteiger partial charge in [0.05, 0.1) is 23.9 Å². The molecule has 3 aromatic rings. The molecule has 1 N–H and O–H groups in total. The third-order valence-electron chi connectivity index (χ3n) is 5.66. The fourth-order valence-corrected chi connectivity index (χ4v) is 4.06. The second-order valence-electron chi connectivity index (χ2n) is 8.91. The summed E-state index contributed by atoms with van der Waals surface area (Å²) in [7, 11) is 0. The van der Waals surface area contributed by atoms with E-state index in [1.807, 2.05) is 26.8 Å². The van der Waals surface area contributed by atoms with E-state index in [1.54, 1.807) is 42.5 Å². The summed E-state index contributed by atoms with van der Waals surface area (Å²) in [5.74, 6) is -3.42. The largest absolute Gasteiger partial charge is 0.507 e. The number of aliphatic hydroxyl groups excluding tert-OH is 1. The van der Waals surface area contributed by atoms with Gasteiger partial charge in [-0.2, -0.15) is 0 Å². The lowest BCUT2D eigenvalue weighted by Gasteiger charge is -2.26. The smallest absolute Gasteiger partial charge is 0.300 e. The van der Waals surface area contributed by atoms with E-state index in [0.717, 1.165) is 22.6 Å². The van der Waals surface area contributed by atoms with Crippen LogP contribution in [0.4, 0.5) is 14.5 Å². The van der Waals surface area contributed by atoms with Crippen molar-refractivity contribution >= 4 is 23.1 Å². The molecule has 3 aromatic carbocycles. The molecule has 1 aliphatic heterocycles. The zero-order valence-corrected chi connectivity index (χ0v) is 19.6. The number of ether oxygens (including phenoxy) is 1. The van der Waals surface area contributed by atoms with Crippen molar-refractivity contribution in [2.24, 2.45) is 5.92 Å². The van der Waals surface area contributed by atoms with Gasteiger partial charge in [0.15, 0.2) is 0 Å². The first kappa shape index (κ1) is 24.1. The molecule has 0 bridgehead atoms. The standard InChI is InChI=1S/C28H25F2NO4/c1-16(2)15-35-21-9-5-8-19(13-21)26(32)24-25(18-7-4-6-17(3)12-18)31(28(34)27(24)33)23-11-10-20(29)14-22(23)30/h4-14,16,25,32H,15H2,1-3H3/b26-24+. The molecule has 0 aliphatic carbocycles. The normalized spacial score (nSPS) is 17.3. The number of aryl methyl sites for hydroxylation is 1. The van der Waals surface area contributed by atoms with Gasteiger partial charge in [0.2, 0.25) is 0 Å². The summed E-state index contributed by atoms with van der Waals surface area (Å²) in [5.41, 5.74) is 1.18. The van der Waals surface area contributed by atoms with Crippen LogP contribution in [0.3, 0.4) is 0 Å². The lowest BCUT2D eigenvalue weighted by Crippen LogP contribution is -2.30. The molecule has 0 spiro atoms. The average Bonchev–Trinajstić information content (AvgIpc) is 3.08. The molecule has 1 atom stereocenters. The summed E-state index contributed by atoms with van der Waals surface area (Å²) in [6.07, 6.45) is 0. The number of anilines is 1. The van der Waals surface area contributed by atoms with E-state index in [4.69, 9.17) is 4.74 Å². The van der Waals surface area contributed by atoms with Gasteiger partial charge in [0, 0.05) is 11.6 Å². The second-order valence-corrected chi connectivity index (χ2v) is 8.91. The van der Waals surface area contributed by atoms with Crippen molar-refractivity contribution in [3.05, 3.63) is 101 Å². The fraction of sp³-hybridized carbons (Fsp3) is 0.214. The van der Waals surface area contributed by atoms with Crippen LogP contribution in [0.15, 0.2) is 72.3 Å². The Kier molecular flexibility index (Phi) is 6.69. The van der Waals surface area contributed by atoms with Crippen molar-refractivity contribution in [2.45, 2.75) is 26.8 Å². The Morgan fingerprint density at radius 1 is 1.03 bits per heavy atom. The first-order chi connectivity index (χ1) is 16.7. The highest BCUT2D eigenvalue weighted by molar-refractivity contribution is 6.51. The number of carbonyl (C=O) groups is 2. The van der Waals surface area contributed by atoms with Gasteiger partial charge in [-0.15, -0.1) is 0 Å². The summed E-state index contributed by atoms with van der Waals surface area (Å²) >= 11 is 0. The fourth-order valence-electron chi connectivity index (χ4n) is 4.06. The second kappa shape index (κ2) is 9.70. The molecule has 1 amide bonds. The molecule has 1 aliphatic rings. The van der Waals surface area contributed by atoms with Crippen molar-refractivity contribution in [2.75, 3.05) is 11.5 Å². The Balaban J connectivity index is 1.89. The van der Waals surface area contributed by atoms with Gasteiger partial charge >= 0.3 is 0 Å². The molecule has 180 valence electrons. The molecular formula is C28H25F2NO4.